The van der Waals surface area contributed by atoms with Gasteiger partial charge >= 0.3 is 0 Å². The predicted molar refractivity (Wildman–Crippen MR) is 75.7 cm³/mol. The first-order valence-corrected chi connectivity index (χ1v) is 6.72. The molecule has 0 saturated heterocycles. The summed E-state index contributed by atoms with van der Waals surface area (Å²) in [7, 11) is 0. The van der Waals surface area contributed by atoms with Gasteiger partial charge in [-0.25, -0.2) is 0 Å². The molecule has 0 aliphatic carbocycles. The van der Waals surface area contributed by atoms with Crippen LogP contribution in [0.15, 0.2) is 18.2 Å². The zero-order chi connectivity index (χ0) is 12.7. The largest absolute Gasteiger partial charge is 0.311 e. The van der Waals surface area contributed by atoms with Gasteiger partial charge in [-0.3, -0.25) is 0 Å². The summed E-state index contributed by atoms with van der Waals surface area (Å²) in [6.45, 7) is 11.7. The molecule has 0 amide bonds. The molecule has 0 atom stereocenters. The molecule has 0 spiro atoms. The minimum Gasteiger partial charge on any atom is -0.311 e. The van der Waals surface area contributed by atoms with Crippen molar-refractivity contribution in [1.82, 2.24) is 10.2 Å². The highest BCUT2D eigenvalue weighted by atomic mass is 35.5. The number of nitrogens with zero attached hydrogens (tertiary/aromatic N) is 1. The van der Waals surface area contributed by atoms with E-state index in [2.05, 4.69) is 37.1 Å². The van der Waals surface area contributed by atoms with E-state index < -0.39 is 0 Å². The second-order valence-electron chi connectivity index (χ2n) is 4.34. The lowest BCUT2D eigenvalue weighted by atomic mass is 10.1. The summed E-state index contributed by atoms with van der Waals surface area (Å²) in [5, 5.41) is 4.28. The van der Waals surface area contributed by atoms with Gasteiger partial charge in [0.2, 0.25) is 0 Å². The minimum atomic E-state index is 0.825. The first-order chi connectivity index (χ1) is 8.15. The lowest BCUT2D eigenvalue weighted by Gasteiger charge is -2.18. The van der Waals surface area contributed by atoms with Crippen molar-refractivity contribution in [3.05, 3.63) is 34.3 Å². The van der Waals surface area contributed by atoms with E-state index in [4.69, 9.17) is 11.6 Å². The van der Waals surface area contributed by atoms with Gasteiger partial charge in [0.15, 0.2) is 0 Å². The highest BCUT2D eigenvalue weighted by molar-refractivity contribution is 6.30. The summed E-state index contributed by atoms with van der Waals surface area (Å²) in [5.74, 6) is 0. The summed E-state index contributed by atoms with van der Waals surface area (Å²) in [6, 6.07) is 6.19. The SMILES string of the molecule is CCN(CC)CCNCc1cc(C)cc(Cl)c1. The second-order valence-corrected chi connectivity index (χ2v) is 4.78. The molecule has 1 N–H and O–H groups in total. The Morgan fingerprint density at radius 1 is 1.18 bits per heavy atom. The molecular weight excluding hydrogens is 232 g/mol. The van der Waals surface area contributed by atoms with Gasteiger partial charge in [0.05, 0.1) is 0 Å². The average Bonchev–Trinajstić information content (AvgIpc) is 2.28. The van der Waals surface area contributed by atoms with E-state index in [1.54, 1.807) is 0 Å². The predicted octanol–water partition coefficient (Wildman–Crippen LogP) is 3.08. The van der Waals surface area contributed by atoms with E-state index >= 15 is 0 Å². The summed E-state index contributed by atoms with van der Waals surface area (Å²) < 4.78 is 0. The molecule has 1 aromatic carbocycles. The molecule has 96 valence electrons. The maximum Gasteiger partial charge on any atom is 0.0411 e. The van der Waals surface area contributed by atoms with Crippen molar-refractivity contribution in [3.63, 3.8) is 0 Å². The maximum atomic E-state index is 6.02. The third-order valence-electron chi connectivity index (χ3n) is 2.93. The van der Waals surface area contributed by atoms with Crippen molar-refractivity contribution < 1.29 is 0 Å². The Hall–Kier alpha value is -0.570. The van der Waals surface area contributed by atoms with Crippen LogP contribution in [-0.4, -0.2) is 31.1 Å². The van der Waals surface area contributed by atoms with Crippen LogP contribution < -0.4 is 5.32 Å². The molecule has 0 saturated carbocycles. The van der Waals surface area contributed by atoms with Gasteiger partial charge < -0.3 is 10.2 Å². The highest BCUT2D eigenvalue weighted by Gasteiger charge is 1.99. The Kier molecular flexibility index (Phi) is 6.56. The van der Waals surface area contributed by atoms with Crippen LogP contribution in [0.1, 0.15) is 25.0 Å². The van der Waals surface area contributed by atoms with Gasteiger partial charge in [0, 0.05) is 24.7 Å². The van der Waals surface area contributed by atoms with E-state index in [-0.39, 0.29) is 0 Å². The fourth-order valence-corrected chi connectivity index (χ4v) is 2.24. The lowest BCUT2D eigenvalue weighted by Crippen LogP contribution is -2.31. The van der Waals surface area contributed by atoms with Crippen LogP contribution in [0.4, 0.5) is 0 Å². The summed E-state index contributed by atoms with van der Waals surface area (Å²) in [5.41, 5.74) is 2.48. The van der Waals surface area contributed by atoms with E-state index in [1.165, 1.54) is 11.1 Å². The highest BCUT2D eigenvalue weighted by Crippen LogP contribution is 2.14. The molecule has 0 heterocycles. The van der Waals surface area contributed by atoms with E-state index in [9.17, 15) is 0 Å². The molecule has 3 heteroatoms. The van der Waals surface area contributed by atoms with Crippen LogP contribution >= 0.6 is 11.6 Å². The van der Waals surface area contributed by atoms with Gasteiger partial charge in [0.25, 0.3) is 0 Å². The fraction of sp³-hybridized carbons (Fsp3) is 0.571. The molecular formula is C14H23ClN2. The smallest absolute Gasteiger partial charge is 0.0411 e. The lowest BCUT2D eigenvalue weighted by molar-refractivity contribution is 0.302. The third kappa shape index (κ3) is 5.53. The Bertz CT molecular complexity index is 315. The van der Waals surface area contributed by atoms with E-state index in [0.29, 0.717) is 0 Å². The van der Waals surface area contributed by atoms with Crippen molar-refractivity contribution in [2.45, 2.75) is 27.3 Å². The molecule has 0 bridgehead atoms. The molecule has 0 aliphatic heterocycles. The minimum absolute atomic E-state index is 0.825. The Balaban J connectivity index is 2.31. The topological polar surface area (TPSA) is 15.3 Å². The Morgan fingerprint density at radius 2 is 1.88 bits per heavy atom. The maximum absolute atomic E-state index is 6.02. The number of aryl methyl sites for hydroxylation is 1. The number of halogens is 1. The molecule has 0 fully saturated rings. The van der Waals surface area contributed by atoms with Crippen LogP contribution in [0.2, 0.25) is 5.02 Å². The second kappa shape index (κ2) is 7.70. The molecule has 0 unspecified atom stereocenters. The number of hydrogen-bond donors (Lipinski definition) is 1. The van der Waals surface area contributed by atoms with E-state index in [1.807, 2.05) is 12.1 Å². The number of benzene rings is 1. The quantitative estimate of drug-likeness (QED) is 0.753. The standard InChI is InChI=1S/C14H23ClN2/c1-4-17(5-2)7-6-16-11-13-8-12(3)9-14(15)10-13/h8-10,16H,4-7,11H2,1-3H3. The van der Waals surface area contributed by atoms with Crippen molar-refractivity contribution in [1.29, 1.82) is 0 Å². The Labute approximate surface area is 110 Å². The first kappa shape index (κ1) is 14.5. The number of likely N-dealkylation sites (N-methyl/N-ethyl adjacent to an activating group) is 1. The molecule has 0 aromatic heterocycles. The molecule has 0 radical (unpaired) electrons. The summed E-state index contributed by atoms with van der Waals surface area (Å²) in [6.07, 6.45) is 0. The van der Waals surface area contributed by atoms with Crippen LogP contribution in [-0.2, 0) is 6.54 Å². The number of nitrogens with one attached hydrogen (secondary N) is 1. The molecule has 0 aliphatic rings. The van der Waals surface area contributed by atoms with Crippen molar-refractivity contribution in [2.24, 2.45) is 0 Å². The number of hydrogen-bond acceptors (Lipinski definition) is 2. The Morgan fingerprint density at radius 3 is 2.47 bits per heavy atom. The van der Waals surface area contributed by atoms with Gasteiger partial charge in [-0.15, -0.1) is 0 Å². The monoisotopic (exact) mass is 254 g/mol. The van der Waals surface area contributed by atoms with Gasteiger partial charge in [-0.05, 0) is 43.3 Å². The molecule has 17 heavy (non-hydrogen) atoms. The van der Waals surface area contributed by atoms with Crippen molar-refractivity contribution >= 4 is 11.6 Å². The van der Waals surface area contributed by atoms with Crippen molar-refractivity contribution in [3.8, 4) is 0 Å². The van der Waals surface area contributed by atoms with Gasteiger partial charge in [0.1, 0.15) is 0 Å². The molecule has 1 rings (SSSR count). The normalized spacial score (nSPS) is 11.1. The zero-order valence-corrected chi connectivity index (χ0v) is 11.8. The number of rotatable bonds is 7. The van der Waals surface area contributed by atoms with Crippen LogP contribution in [0, 0.1) is 6.92 Å². The first-order valence-electron chi connectivity index (χ1n) is 6.34. The van der Waals surface area contributed by atoms with E-state index in [0.717, 1.165) is 37.7 Å². The van der Waals surface area contributed by atoms with Gasteiger partial charge in [-0.2, -0.15) is 0 Å². The summed E-state index contributed by atoms with van der Waals surface area (Å²) >= 11 is 6.02. The molecule has 2 nitrogen and oxygen atoms in total. The van der Waals surface area contributed by atoms with Crippen molar-refractivity contribution in [2.75, 3.05) is 26.2 Å². The van der Waals surface area contributed by atoms with Gasteiger partial charge in [-0.1, -0.05) is 31.5 Å². The van der Waals surface area contributed by atoms with Crippen LogP contribution in [0.25, 0.3) is 0 Å². The van der Waals surface area contributed by atoms with Crippen LogP contribution in [0.5, 0.6) is 0 Å². The third-order valence-corrected chi connectivity index (χ3v) is 3.15. The molecule has 1 aromatic rings. The van der Waals surface area contributed by atoms with Crippen LogP contribution in [0.3, 0.4) is 0 Å². The fourth-order valence-electron chi connectivity index (χ4n) is 1.92. The average molecular weight is 255 g/mol. The zero-order valence-electron chi connectivity index (χ0n) is 11.1. The summed E-state index contributed by atoms with van der Waals surface area (Å²) in [4.78, 5) is 2.41.